The summed E-state index contributed by atoms with van der Waals surface area (Å²) in [6.45, 7) is 2.61. The maximum Gasteiger partial charge on any atom is 0.259 e. The highest BCUT2D eigenvalue weighted by molar-refractivity contribution is 6.07. The van der Waals surface area contributed by atoms with E-state index in [2.05, 4.69) is 26.3 Å². The lowest BCUT2D eigenvalue weighted by molar-refractivity contribution is 0.0989. The van der Waals surface area contributed by atoms with E-state index < -0.39 is 0 Å². The lowest BCUT2D eigenvalue weighted by atomic mass is 10.1. The smallest absolute Gasteiger partial charge is 0.259 e. The molecule has 124 valence electrons. The molecule has 0 saturated carbocycles. The van der Waals surface area contributed by atoms with Crippen molar-refractivity contribution in [3.8, 4) is 0 Å². The molecule has 0 spiro atoms. The highest BCUT2D eigenvalue weighted by Gasteiger charge is 2.25. The summed E-state index contributed by atoms with van der Waals surface area (Å²) in [5, 5.41) is 3.29. The SMILES string of the molecule is Cc1cc(Nc2ccc3c(c2)CCN3C(=O)c2cccnc2)ncn1. The molecule has 3 aromatic rings. The molecule has 0 radical (unpaired) electrons. The van der Waals surface area contributed by atoms with Gasteiger partial charge in [0, 0.05) is 42.1 Å². The van der Waals surface area contributed by atoms with Gasteiger partial charge in [-0.1, -0.05) is 0 Å². The van der Waals surface area contributed by atoms with E-state index in [1.165, 1.54) is 0 Å². The van der Waals surface area contributed by atoms with Crippen molar-refractivity contribution in [3.05, 3.63) is 71.9 Å². The van der Waals surface area contributed by atoms with Gasteiger partial charge in [-0.3, -0.25) is 9.78 Å². The van der Waals surface area contributed by atoms with Crippen LogP contribution in [0.15, 0.2) is 55.1 Å². The third-order valence-corrected chi connectivity index (χ3v) is 4.20. The number of fused-ring (bicyclic) bond motifs is 1. The number of aryl methyl sites for hydroxylation is 1. The van der Waals surface area contributed by atoms with Crippen LogP contribution >= 0.6 is 0 Å². The van der Waals surface area contributed by atoms with Crippen molar-refractivity contribution in [2.45, 2.75) is 13.3 Å². The molecule has 6 nitrogen and oxygen atoms in total. The second-order valence-electron chi connectivity index (χ2n) is 5.96. The number of carbonyl (C=O) groups excluding carboxylic acids is 1. The van der Waals surface area contributed by atoms with Gasteiger partial charge in [0.15, 0.2) is 0 Å². The minimum absolute atomic E-state index is 0.0148. The molecule has 0 fully saturated rings. The summed E-state index contributed by atoms with van der Waals surface area (Å²) in [6, 6.07) is 11.5. The minimum Gasteiger partial charge on any atom is -0.340 e. The summed E-state index contributed by atoms with van der Waals surface area (Å²) >= 11 is 0. The standard InChI is InChI=1S/C19H17N5O/c1-13-9-18(22-12-21-13)23-16-4-5-17-14(10-16)6-8-24(17)19(25)15-3-2-7-20-11-15/h2-5,7,9-12H,6,8H2,1H3,(H,21,22,23). The summed E-state index contributed by atoms with van der Waals surface area (Å²) < 4.78 is 0. The first kappa shape index (κ1) is 15.3. The number of rotatable bonds is 3. The van der Waals surface area contributed by atoms with E-state index in [0.717, 1.165) is 34.9 Å². The van der Waals surface area contributed by atoms with Gasteiger partial charge in [0.25, 0.3) is 5.91 Å². The van der Waals surface area contributed by atoms with E-state index in [9.17, 15) is 4.79 Å². The Bertz CT molecular complexity index is 926. The summed E-state index contributed by atoms with van der Waals surface area (Å²) in [5.74, 6) is 0.743. The van der Waals surface area contributed by atoms with Crippen molar-refractivity contribution in [3.63, 3.8) is 0 Å². The molecule has 1 aromatic carbocycles. The average Bonchev–Trinajstić information content (AvgIpc) is 3.05. The van der Waals surface area contributed by atoms with Crippen LogP contribution < -0.4 is 10.2 Å². The van der Waals surface area contributed by atoms with Crippen LogP contribution in [0.25, 0.3) is 0 Å². The molecule has 6 heteroatoms. The lowest BCUT2D eigenvalue weighted by Crippen LogP contribution is -2.28. The van der Waals surface area contributed by atoms with Crippen LogP contribution in [0.2, 0.25) is 0 Å². The number of nitrogens with one attached hydrogen (secondary N) is 1. The topological polar surface area (TPSA) is 71.0 Å². The highest BCUT2D eigenvalue weighted by atomic mass is 16.2. The van der Waals surface area contributed by atoms with Crippen LogP contribution in [0.3, 0.4) is 0 Å². The van der Waals surface area contributed by atoms with Crippen LogP contribution in [-0.4, -0.2) is 27.4 Å². The van der Waals surface area contributed by atoms with E-state index in [1.807, 2.05) is 30.0 Å². The molecule has 0 bridgehead atoms. The molecule has 2 aromatic heterocycles. The Morgan fingerprint density at radius 3 is 2.92 bits per heavy atom. The second-order valence-corrected chi connectivity index (χ2v) is 5.96. The fourth-order valence-corrected chi connectivity index (χ4v) is 3.01. The summed E-state index contributed by atoms with van der Waals surface area (Å²) in [5.41, 5.74) is 4.57. The van der Waals surface area contributed by atoms with Crippen LogP contribution in [-0.2, 0) is 6.42 Å². The molecule has 1 aliphatic rings. The first-order valence-corrected chi connectivity index (χ1v) is 8.11. The molecule has 0 atom stereocenters. The van der Waals surface area contributed by atoms with Crippen molar-refractivity contribution in [2.75, 3.05) is 16.8 Å². The number of aromatic nitrogens is 3. The van der Waals surface area contributed by atoms with Crippen LogP contribution in [0.1, 0.15) is 21.6 Å². The van der Waals surface area contributed by atoms with Crippen molar-refractivity contribution < 1.29 is 4.79 Å². The molecular weight excluding hydrogens is 314 g/mol. The molecule has 25 heavy (non-hydrogen) atoms. The van der Waals surface area contributed by atoms with Gasteiger partial charge in [0.2, 0.25) is 0 Å². The molecule has 1 amide bonds. The predicted octanol–water partition coefficient (Wildman–Crippen LogP) is 3.13. The Morgan fingerprint density at radius 1 is 1.20 bits per heavy atom. The maximum absolute atomic E-state index is 12.7. The van der Waals surface area contributed by atoms with Gasteiger partial charge in [0.05, 0.1) is 5.56 Å². The van der Waals surface area contributed by atoms with Crippen molar-refractivity contribution in [1.29, 1.82) is 0 Å². The predicted molar refractivity (Wildman–Crippen MR) is 96.1 cm³/mol. The first-order chi connectivity index (χ1) is 12.2. The number of carbonyl (C=O) groups is 1. The zero-order chi connectivity index (χ0) is 17.2. The van der Waals surface area contributed by atoms with Gasteiger partial charge in [-0.15, -0.1) is 0 Å². The number of amides is 1. The van der Waals surface area contributed by atoms with E-state index in [-0.39, 0.29) is 5.91 Å². The quantitative estimate of drug-likeness (QED) is 0.798. The van der Waals surface area contributed by atoms with Crippen LogP contribution in [0.5, 0.6) is 0 Å². The Kier molecular flexibility index (Phi) is 3.85. The van der Waals surface area contributed by atoms with E-state index in [1.54, 1.807) is 30.9 Å². The maximum atomic E-state index is 12.7. The molecule has 0 saturated heterocycles. The van der Waals surface area contributed by atoms with E-state index in [0.29, 0.717) is 12.1 Å². The third kappa shape index (κ3) is 3.06. The molecule has 1 N–H and O–H groups in total. The first-order valence-electron chi connectivity index (χ1n) is 8.11. The molecular formula is C19H17N5O. The fourth-order valence-electron chi connectivity index (χ4n) is 3.01. The van der Waals surface area contributed by atoms with Crippen molar-refractivity contribution in [1.82, 2.24) is 15.0 Å². The number of pyridine rings is 1. The zero-order valence-electron chi connectivity index (χ0n) is 13.8. The summed E-state index contributed by atoms with van der Waals surface area (Å²) in [6.07, 6.45) is 5.65. The van der Waals surface area contributed by atoms with Gasteiger partial charge >= 0.3 is 0 Å². The largest absolute Gasteiger partial charge is 0.340 e. The Hall–Kier alpha value is -3.28. The Balaban J connectivity index is 1.57. The minimum atomic E-state index is -0.0148. The molecule has 1 aliphatic heterocycles. The average molecular weight is 331 g/mol. The number of nitrogens with zero attached hydrogens (tertiary/aromatic N) is 4. The molecule has 3 heterocycles. The molecule has 0 unspecified atom stereocenters. The number of hydrogen-bond donors (Lipinski definition) is 1. The van der Waals surface area contributed by atoms with Gasteiger partial charge in [0.1, 0.15) is 12.1 Å². The number of hydrogen-bond acceptors (Lipinski definition) is 5. The van der Waals surface area contributed by atoms with Crippen LogP contribution in [0, 0.1) is 6.92 Å². The van der Waals surface area contributed by atoms with E-state index in [4.69, 9.17) is 0 Å². The summed E-state index contributed by atoms with van der Waals surface area (Å²) in [4.78, 5) is 26.8. The van der Waals surface area contributed by atoms with Crippen LogP contribution in [0.4, 0.5) is 17.2 Å². The summed E-state index contributed by atoms with van der Waals surface area (Å²) in [7, 11) is 0. The van der Waals surface area contributed by atoms with Crippen molar-refractivity contribution in [2.24, 2.45) is 0 Å². The van der Waals surface area contributed by atoms with Crippen molar-refractivity contribution >= 4 is 23.1 Å². The second kappa shape index (κ2) is 6.32. The zero-order valence-corrected chi connectivity index (χ0v) is 13.8. The highest BCUT2D eigenvalue weighted by Crippen LogP contribution is 2.32. The molecule has 0 aliphatic carbocycles. The van der Waals surface area contributed by atoms with Gasteiger partial charge < -0.3 is 10.2 Å². The van der Waals surface area contributed by atoms with E-state index >= 15 is 0 Å². The normalized spacial score (nSPS) is 12.8. The van der Waals surface area contributed by atoms with Gasteiger partial charge in [-0.2, -0.15) is 0 Å². The van der Waals surface area contributed by atoms with Gasteiger partial charge in [-0.05, 0) is 49.2 Å². The Labute approximate surface area is 145 Å². The number of benzene rings is 1. The monoisotopic (exact) mass is 331 g/mol. The fraction of sp³-hybridized carbons (Fsp3) is 0.158. The number of anilines is 3. The lowest BCUT2D eigenvalue weighted by Gasteiger charge is -2.17. The van der Waals surface area contributed by atoms with Gasteiger partial charge in [-0.25, -0.2) is 9.97 Å². The Morgan fingerprint density at radius 2 is 2.12 bits per heavy atom. The molecule has 4 rings (SSSR count). The third-order valence-electron chi connectivity index (χ3n) is 4.20.